The second-order valence-electron chi connectivity index (χ2n) is 7.33. The minimum absolute atomic E-state index is 0.237. The van der Waals surface area contributed by atoms with Crippen molar-refractivity contribution in [1.82, 2.24) is 20.4 Å². The standard InChI is InChI=1S/C24H23FN4O4/c1-5-12-29-14(2)20(21(26-24(29)30)15-6-9-17(25)10-7-15)23-27-22(28-33-23)16-8-11-18(31-3)19(13-16)32-4/h5-11,13,21H,1,12H2,2-4H3,(H,26,30). The number of rotatable bonds is 7. The molecular formula is C24H23FN4O4. The molecule has 1 N–H and O–H groups in total. The number of aromatic nitrogens is 2. The average Bonchev–Trinajstić information content (AvgIpc) is 3.31. The largest absolute Gasteiger partial charge is 0.493 e. The second-order valence-corrected chi connectivity index (χ2v) is 7.33. The lowest BCUT2D eigenvalue weighted by molar-refractivity contribution is 0.209. The molecule has 9 heteroatoms. The van der Waals surface area contributed by atoms with Crippen molar-refractivity contribution in [2.75, 3.05) is 20.8 Å². The van der Waals surface area contributed by atoms with Crippen molar-refractivity contribution in [1.29, 1.82) is 0 Å². The first kappa shape index (κ1) is 22.1. The van der Waals surface area contributed by atoms with Gasteiger partial charge < -0.3 is 19.3 Å². The Labute approximate surface area is 190 Å². The number of carbonyl (C=O) groups is 1. The number of amides is 2. The molecule has 0 fully saturated rings. The van der Waals surface area contributed by atoms with Gasteiger partial charge in [-0.15, -0.1) is 6.58 Å². The SMILES string of the molecule is C=CCN1C(=O)NC(c2ccc(F)cc2)C(c2nc(-c3ccc(OC)c(OC)c3)no2)=C1C. The van der Waals surface area contributed by atoms with Crippen LogP contribution in [-0.2, 0) is 0 Å². The van der Waals surface area contributed by atoms with Gasteiger partial charge in [0, 0.05) is 17.8 Å². The van der Waals surface area contributed by atoms with Crippen LogP contribution in [0.4, 0.5) is 9.18 Å². The van der Waals surface area contributed by atoms with Crippen LogP contribution in [0.1, 0.15) is 24.4 Å². The summed E-state index contributed by atoms with van der Waals surface area (Å²) < 4.78 is 29.8. The number of methoxy groups -OCH3 is 2. The maximum absolute atomic E-state index is 13.5. The highest BCUT2D eigenvalue weighted by Gasteiger charge is 2.35. The van der Waals surface area contributed by atoms with Gasteiger partial charge >= 0.3 is 6.03 Å². The van der Waals surface area contributed by atoms with Crippen LogP contribution in [-0.4, -0.2) is 41.8 Å². The summed E-state index contributed by atoms with van der Waals surface area (Å²) in [6.45, 7) is 5.82. The lowest BCUT2D eigenvalue weighted by Crippen LogP contribution is -2.46. The molecule has 2 amide bonds. The number of benzene rings is 2. The molecule has 1 atom stereocenters. The Kier molecular flexibility index (Phi) is 6.12. The van der Waals surface area contributed by atoms with Crippen molar-refractivity contribution >= 4 is 11.6 Å². The zero-order valence-corrected chi connectivity index (χ0v) is 18.5. The summed E-state index contributed by atoms with van der Waals surface area (Å²) in [4.78, 5) is 18.9. The minimum atomic E-state index is -0.599. The Bertz CT molecular complexity index is 1220. The number of hydrogen-bond donors (Lipinski definition) is 1. The number of hydrogen-bond acceptors (Lipinski definition) is 6. The lowest BCUT2D eigenvalue weighted by Gasteiger charge is -2.34. The van der Waals surface area contributed by atoms with Crippen molar-refractivity contribution in [2.45, 2.75) is 13.0 Å². The first-order chi connectivity index (χ1) is 16.0. The van der Waals surface area contributed by atoms with Crippen LogP contribution in [0.5, 0.6) is 11.5 Å². The fraction of sp³-hybridized carbons (Fsp3) is 0.208. The third-order valence-electron chi connectivity index (χ3n) is 5.41. The van der Waals surface area contributed by atoms with E-state index in [0.29, 0.717) is 46.3 Å². The van der Waals surface area contributed by atoms with Gasteiger partial charge in [-0.1, -0.05) is 23.4 Å². The van der Waals surface area contributed by atoms with E-state index in [0.717, 1.165) is 0 Å². The fourth-order valence-electron chi connectivity index (χ4n) is 3.74. The Morgan fingerprint density at radius 3 is 2.58 bits per heavy atom. The minimum Gasteiger partial charge on any atom is -0.493 e. The highest BCUT2D eigenvalue weighted by Crippen LogP contribution is 2.38. The third-order valence-corrected chi connectivity index (χ3v) is 5.41. The summed E-state index contributed by atoms with van der Waals surface area (Å²) >= 11 is 0. The molecule has 33 heavy (non-hydrogen) atoms. The molecule has 1 aromatic heterocycles. The van der Waals surface area contributed by atoms with Gasteiger partial charge in [0.25, 0.3) is 5.89 Å². The van der Waals surface area contributed by atoms with E-state index < -0.39 is 6.04 Å². The van der Waals surface area contributed by atoms with Gasteiger partial charge in [0.15, 0.2) is 11.5 Å². The number of nitrogens with one attached hydrogen (secondary N) is 1. The number of urea groups is 1. The van der Waals surface area contributed by atoms with Crippen molar-refractivity contribution < 1.29 is 23.2 Å². The van der Waals surface area contributed by atoms with Gasteiger partial charge in [0.1, 0.15) is 5.82 Å². The van der Waals surface area contributed by atoms with Crippen LogP contribution < -0.4 is 14.8 Å². The molecule has 0 aliphatic carbocycles. The first-order valence-electron chi connectivity index (χ1n) is 10.2. The van der Waals surface area contributed by atoms with Crippen LogP contribution in [0.15, 0.2) is 65.3 Å². The van der Waals surface area contributed by atoms with E-state index in [4.69, 9.17) is 14.0 Å². The molecule has 2 heterocycles. The summed E-state index contributed by atoms with van der Waals surface area (Å²) in [6, 6.07) is 10.3. The van der Waals surface area contributed by atoms with E-state index in [-0.39, 0.29) is 17.7 Å². The molecule has 8 nitrogen and oxygen atoms in total. The number of nitrogens with zero attached hydrogens (tertiary/aromatic N) is 3. The molecule has 0 radical (unpaired) electrons. The Morgan fingerprint density at radius 2 is 1.91 bits per heavy atom. The van der Waals surface area contributed by atoms with Crippen LogP contribution in [0.25, 0.3) is 17.0 Å². The smallest absolute Gasteiger partial charge is 0.322 e. The number of ether oxygens (including phenoxy) is 2. The van der Waals surface area contributed by atoms with E-state index in [2.05, 4.69) is 22.0 Å². The zero-order chi connectivity index (χ0) is 23.5. The molecule has 4 rings (SSSR count). The summed E-state index contributed by atoms with van der Waals surface area (Å²) in [5.74, 6) is 1.32. The van der Waals surface area contributed by atoms with Crippen LogP contribution in [0.2, 0.25) is 0 Å². The van der Waals surface area contributed by atoms with Crippen molar-refractivity contribution in [3.8, 4) is 22.9 Å². The van der Waals surface area contributed by atoms with Gasteiger partial charge in [0.2, 0.25) is 5.82 Å². The lowest BCUT2D eigenvalue weighted by atomic mass is 9.94. The second kappa shape index (κ2) is 9.15. The molecule has 0 saturated heterocycles. The quantitative estimate of drug-likeness (QED) is 0.530. The van der Waals surface area contributed by atoms with Gasteiger partial charge in [-0.25, -0.2) is 9.18 Å². The molecular weight excluding hydrogens is 427 g/mol. The highest BCUT2D eigenvalue weighted by atomic mass is 19.1. The predicted octanol–water partition coefficient (Wildman–Crippen LogP) is 4.58. The molecule has 2 aromatic carbocycles. The monoisotopic (exact) mass is 450 g/mol. The van der Waals surface area contributed by atoms with E-state index in [1.165, 1.54) is 17.0 Å². The molecule has 0 saturated carbocycles. The summed E-state index contributed by atoms with van der Waals surface area (Å²) in [5, 5.41) is 7.07. The first-order valence-corrected chi connectivity index (χ1v) is 10.2. The maximum atomic E-state index is 13.5. The molecule has 1 aliphatic rings. The summed E-state index contributed by atoms with van der Waals surface area (Å²) in [6.07, 6.45) is 1.63. The van der Waals surface area contributed by atoms with Gasteiger partial charge in [-0.05, 0) is 42.8 Å². The summed E-state index contributed by atoms with van der Waals surface area (Å²) in [5.41, 5.74) is 2.60. The van der Waals surface area contributed by atoms with Crippen LogP contribution >= 0.6 is 0 Å². The van der Waals surface area contributed by atoms with Gasteiger partial charge in [-0.3, -0.25) is 4.90 Å². The van der Waals surface area contributed by atoms with Crippen molar-refractivity contribution in [3.05, 3.63) is 78.1 Å². The van der Waals surface area contributed by atoms with Gasteiger partial charge in [-0.2, -0.15) is 4.98 Å². The van der Waals surface area contributed by atoms with E-state index in [1.54, 1.807) is 57.6 Å². The summed E-state index contributed by atoms with van der Waals surface area (Å²) in [7, 11) is 3.10. The Morgan fingerprint density at radius 1 is 1.18 bits per heavy atom. The molecule has 1 aliphatic heterocycles. The van der Waals surface area contributed by atoms with Crippen molar-refractivity contribution in [3.63, 3.8) is 0 Å². The highest BCUT2D eigenvalue weighted by molar-refractivity contribution is 5.87. The number of halogens is 1. The third kappa shape index (κ3) is 4.17. The Balaban J connectivity index is 1.80. The predicted molar refractivity (Wildman–Crippen MR) is 120 cm³/mol. The maximum Gasteiger partial charge on any atom is 0.322 e. The van der Waals surface area contributed by atoms with E-state index in [9.17, 15) is 9.18 Å². The fourth-order valence-corrected chi connectivity index (χ4v) is 3.74. The number of carbonyl (C=O) groups excluding carboxylic acids is 1. The molecule has 0 bridgehead atoms. The van der Waals surface area contributed by atoms with E-state index in [1.807, 2.05) is 0 Å². The number of allylic oxidation sites excluding steroid dienone is 1. The van der Waals surface area contributed by atoms with E-state index >= 15 is 0 Å². The Hall–Kier alpha value is -4.14. The van der Waals surface area contributed by atoms with Crippen molar-refractivity contribution in [2.24, 2.45) is 0 Å². The van der Waals surface area contributed by atoms with Gasteiger partial charge in [0.05, 0.1) is 25.8 Å². The van der Waals surface area contributed by atoms with Crippen LogP contribution in [0, 0.1) is 5.82 Å². The molecule has 170 valence electrons. The topological polar surface area (TPSA) is 89.7 Å². The normalized spacial score (nSPS) is 15.9. The molecule has 3 aromatic rings. The van der Waals surface area contributed by atoms with Crippen LogP contribution in [0.3, 0.4) is 0 Å². The molecule has 0 spiro atoms. The average molecular weight is 450 g/mol. The molecule has 1 unspecified atom stereocenters. The zero-order valence-electron chi connectivity index (χ0n) is 18.5.